The van der Waals surface area contributed by atoms with Crippen molar-refractivity contribution in [1.29, 1.82) is 0 Å². The molecule has 40 heavy (non-hydrogen) atoms. The molecule has 0 amide bonds. The van der Waals surface area contributed by atoms with Crippen molar-refractivity contribution < 1.29 is 4.74 Å². The third-order valence-corrected chi connectivity index (χ3v) is 8.43. The SMILES string of the molecule is CC(=Nc1ccccc1Oc1ccccc1)c1c(CSc2ccc(Cl)cc2)[nH]n(-c2nc3ccccc3s2)c1=O. The topological polar surface area (TPSA) is 72.3 Å². The second-order valence-electron chi connectivity index (χ2n) is 8.89. The molecule has 4 aromatic carbocycles. The number of aromatic amines is 1. The van der Waals surface area contributed by atoms with E-state index in [1.807, 2.05) is 110 Å². The second-order valence-corrected chi connectivity index (χ2v) is 11.4. The van der Waals surface area contributed by atoms with Gasteiger partial charge in [0.2, 0.25) is 5.13 Å². The molecule has 0 saturated heterocycles. The first-order chi connectivity index (χ1) is 19.5. The average Bonchev–Trinajstić information content (AvgIpc) is 3.55. The Morgan fingerprint density at radius 3 is 2.50 bits per heavy atom. The molecule has 0 spiro atoms. The van der Waals surface area contributed by atoms with Crippen molar-refractivity contribution in [3.8, 4) is 16.6 Å². The van der Waals surface area contributed by atoms with Crippen LogP contribution in [-0.2, 0) is 5.75 Å². The first kappa shape index (κ1) is 26.1. The van der Waals surface area contributed by atoms with Gasteiger partial charge in [-0.2, -0.15) is 4.68 Å². The van der Waals surface area contributed by atoms with Crippen LogP contribution in [0.1, 0.15) is 18.2 Å². The van der Waals surface area contributed by atoms with Crippen molar-refractivity contribution in [2.75, 3.05) is 0 Å². The summed E-state index contributed by atoms with van der Waals surface area (Å²) in [4.78, 5) is 24.5. The zero-order valence-electron chi connectivity index (χ0n) is 21.4. The molecule has 0 aliphatic carbocycles. The van der Waals surface area contributed by atoms with E-state index in [-0.39, 0.29) is 5.56 Å². The number of para-hydroxylation sites is 4. The van der Waals surface area contributed by atoms with Crippen LogP contribution in [0, 0.1) is 0 Å². The first-order valence-corrected chi connectivity index (χ1v) is 14.7. The molecule has 198 valence electrons. The Morgan fingerprint density at radius 2 is 1.70 bits per heavy atom. The number of H-pyrrole nitrogens is 1. The molecule has 9 heteroatoms. The molecule has 6 nitrogen and oxygen atoms in total. The molecule has 0 unspecified atom stereocenters. The number of ether oxygens (including phenoxy) is 1. The molecule has 6 rings (SSSR count). The minimum Gasteiger partial charge on any atom is -0.455 e. The van der Waals surface area contributed by atoms with Crippen LogP contribution in [0.4, 0.5) is 5.69 Å². The highest BCUT2D eigenvalue weighted by molar-refractivity contribution is 7.98. The fraction of sp³-hybridized carbons (Fsp3) is 0.0645. The fourth-order valence-corrected chi connectivity index (χ4v) is 6.12. The van der Waals surface area contributed by atoms with E-state index in [4.69, 9.17) is 26.3 Å². The Balaban J connectivity index is 1.41. The van der Waals surface area contributed by atoms with Crippen LogP contribution < -0.4 is 10.3 Å². The van der Waals surface area contributed by atoms with Gasteiger partial charge in [0.25, 0.3) is 5.56 Å². The number of aromatic nitrogens is 3. The van der Waals surface area contributed by atoms with Crippen molar-refractivity contribution in [2.24, 2.45) is 4.99 Å². The summed E-state index contributed by atoms with van der Waals surface area (Å²) >= 11 is 9.14. The van der Waals surface area contributed by atoms with E-state index in [0.717, 1.165) is 20.8 Å². The Morgan fingerprint density at radius 1 is 0.975 bits per heavy atom. The lowest BCUT2D eigenvalue weighted by atomic mass is 10.1. The molecule has 6 aromatic rings. The van der Waals surface area contributed by atoms with Crippen LogP contribution in [0.3, 0.4) is 0 Å². The zero-order valence-corrected chi connectivity index (χ0v) is 23.8. The third kappa shape index (κ3) is 5.60. The lowest BCUT2D eigenvalue weighted by Gasteiger charge is -2.09. The summed E-state index contributed by atoms with van der Waals surface area (Å²) in [5, 5.41) is 4.58. The highest BCUT2D eigenvalue weighted by atomic mass is 35.5. The number of halogens is 1. The van der Waals surface area contributed by atoms with Crippen molar-refractivity contribution in [1.82, 2.24) is 14.8 Å². The highest BCUT2D eigenvalue weighted by Crippen LogP contribution is 2.33. The number of hydrogen-bond acceptors (Lipinski definition) is 6. The van der Waals surface area contributed by atoms with E-state index < -0.39 is 0 Å². The van der Waals surface area contributed by atoms with E-state index in [1.54, 1.807) is 11.8 Å². The number of nitrogens with zero attached hydrogens (tertiary/aromatic N) is 3. The van der Waals surface area contributed by atoms with Crippen LogP contribution in [0.25, 0.3) is 15.3 Å². The lowest BCUT2D eigenvalue weighted by molar-refractivity contribution is 0.484. The minimum atomic E-state index is -0.200. The molecule has 0 bridgehead atoms. The Bertz CT molecular complexity index is 1840. The van der Waals surface area contributed by atoms with Gasteiger partial charge in [-0.1, -0.05) is 65.4 Å². The van der Waals surface area contributed by atoms with E-state index in [9.17, 15) is 4.79 Å². The minimum absolute atomic E-state index is 0.200. The Kier molecular flexibility index (Phi) is 7.55. The van der Waals surface area contributed by atoms with Gasteiger partial charge in [0, 0.05) is 15.7 Å². The molecule has 0 aliphatic heterocycles. The smallest absolute Gasteiger partial charge is 0.282 e. The molecule has 2 heterocycles. The van der Waals surface area contributed by atoms with Gasteiger partial charge in [-0.3, -0.25) is 9.89 Å². The Labute approximate surface area is 244 Å². The lowest BCUT2D eigenvalue weighted by Crippen LogP contribution is -2.19. The molecule has 0 atom stereocenters. The van der Waals surface area contributed by atoms with Gasteiger partial charge in [0.1, 0.15) is 11.4 Å². The molecular formula is C31H23ClN4O2S2. The molecule has 0 aliphatic rings. The molecule has 0 radical (unpaired) electrons. The van der Waals surface area contributed by atoms with E-state index in [1.165, 1.54) is 16.0 Å². The van der Waals surface area contributed by atoms with Crippen LogP contribution >= 0.6 is 34.7 Å². The van der Waals surface area contributed by atoms with Crippen molar-refractivity contribution >= 4 is 56.3 Å². The normalized spacial score (nSPS) is 11.7. The number of fused-ring (bicyclic) bond motifs is 1. The number of rotatable bonds is 8. The highest BCUT2D eigenvalue weighted by Gasteiger charge is 2.20. The molecule has 2 aromatic heterocycles. The molecular weight excluding hydrogens is 560 g/mol. The average molecular weight is 583 g/mol. The maximum Gasteiger partial charge on any atom is 0.282 e. The van der Waals surface area contributed by atoms with Gasteiger partial charge < -0.3 is 4.74 Å². The van der Waals surface area contributed by atoms with E-state index in [0.29, 0.717) is 44.4 Å². The molecule has 0 fully saturated rings. The summed E-state index contributed by atoms with van der Waals surface area (Å²) in [5.41, 5.74) is 3.12. The van der Waals surface area contributed by atoms with Gasteiger partial charge in [0.05, 0.1) is 27.2 Å². The maximum absolute atomic E-state index is 13.9. The third-order valence-electron chi connectivity index (χ3n) is 6.12. The van der Waals surface area contributed by atoms with Crippen molar-refractivity contribution in [3.05, 3.63) is 130 Å². The van der Waals surface area contributed by atoms with Gasteiger partial charge >= 0.3 is 0 Å². The summed E-state index contributed by atoms with van der Waals surface area (Å²) < 4.78 is 8.63. The summed E-state index contributed by atoms with van der Waals surface area (Å²) in [6.45, 7) is 1.85. The van der Waals surface area contributed by atoms with Gasteiger partial charge in [-0.15, -0.1) is 11.8 Å². The van der Waals surface area contributed by atoms with Crippen molar-refractivity contribution in [3.63, 3.8) is 0 Å². The number of hydrogen-bond donors (Lipinski definition) is 1. The van der Waals surface area contributed by atoms with Crippen molar-refractivity contribution in [2.45, 2.75) is 17.6 Å². The van der Waals surface area contributed by atoms with Crippen LogP contribution in [0.5, 0.6) is 11.5 Å². The van der Waals surface area contributed by atoms with Crippen LogP contribution in [-0.4, -0.2) is 20.5 Å². The summed E-state index contributed by atoms with van der Waals surface area (Å²) in [5.74, 6) is 1.84. The standard InChI is InChI=1S/C31H23ClN4O2S2/c1-20(33-24-11-5-7-13-27(24)38-22-9-3-2-4-10-22)29-26(19-39-23-17-15-21(32)16-18-23)35-36(30(29)37)31-34-25-12-6-8-14-28(25)40-31/h2-18,35H,19H2,1H3. The van der Waals surface area contributed by atoms with Crippen LogP contribution in [0.2, 0.25) is 5.02 Å². The van der Waals surface area contributed by atoms with E-state index >= 15 is 0 Å². The predicted molar refractivity (Wildman–Crippen MR) is 165 cm³/mol. The second kappa shape index (κ2) is 11.6. The number of thiazole rings is 1. The number of thioether (sulfide) groups is 1. The molecule has 0 saturated carbocycles. The summed E-state index contributed by atoms with van der Waals surface area (Å²) in [6, 6.07) is 32.6. The number of nitrogens with one attached hydrogen (secondary N) is 1. The number of benzene rings is 4. The van der Waals surface area contributed by atoms with Crippen LogP contribution in [0.15, 0.2) is 118 Å². The quantitative estimate of drug-likeness (QED) is 0.144. The summed E-state index contributed by atoms with van der Waals surface area (Å²) in [7, 11) is 0. The summed E-state index contributed by atoms with van der Waals surface area (Å²) in [6.07, 6.45) is 0. The maximum atomic E-state index is 13.9. The van der Waals surface area contributed by atoms with Gasteiger partial charge in [-0.05, 0) is 67.6 Å². The van der Waals surface area contributed by atoms with Gasteiger partial charge in [-0.25, -0.2) is 9.98 Å². The largest absolute Gasteiger partial charge is 0.455 e. The zero-order chi connectivity index (χ0) is 27.5. The number of aliphatic imine (C=N–C) groups is 1. The Hall–Kier alpha value is -4.11. The monoisotopic (exact) mass is 582 g/mol. The first-order valence-electron chi connectivity index (χ1n) is 12.5. The predicted octanol–water partition coefficient (Wildman–Crippen LogP) is 8.65. The fourth-order valence-electron chi connectivity index (χ4n) is 4.22. The molecule has 1 N–H and O–H groups in total. The van der Waals surface area contributed by atoms with E-state index in [2.05, 4.69) is 5.10 Å². The van der Waals surface area contributed by atoms with Gasteiger partial charge in [0.15, 0.2) is 5.75 Å².